The van der Waals surface area contributed by atoms with E-state index < -0.39 is 39.5 Å². The Balaban J connectivity index is 2.03. The van der Waals surface area contributed by atoms with Crippen LogP contribution in [0.3, 0.4) is 0 Å². The fourth-order valence-electron chi connectivity index (χ4n) is 2.79. The third-order valence-electron chi connectivity index (χ3n) is 4.61. The van der Waals surface area contributed by atoms with Gasteiger partial charge in [0.1, 0.15) is 0 Å². The number of nitrogens with one attached hydrogen (secondary N) is 2. The number of halogens is 1. The number of anilines is 1. The molecule has 0 heterocycles. The number of alkyl carbamates (subject to hydrolysis) is 1. The Bertz CT molecular complexity index is 1070. The number of aliphatic carboxylic acids is 1. The number of rotatable bonds is 11. The first-order valence-electron chi connectivity index (χ1n) is 10.2. The lowest BCUT2D eigenvalue weighted by atomic mass is 10.2. The van der Waals surface area contributed by atoms with Crippen LogP contribution in [-0.4, -0.2) is 49.9 Å². The first-order chi connectivity index (χ1) is 15.6. The molecule has 1 atom stereocenters. The van der Waals surface area contributed by atoms with Gasteiger partial charge in [-0.1, -0.05) is 24.9 Å². The minimum Gasteiger partial charge on any atom is -0.480 e. The molecule has 9 nitrogen and oxygen atoms in total. The SMILES string of the molecule is CCCCNC(=O)OCCC(C(=O)O)S(=O)(=O)c1ccc(C(=O)Nc2ccc(Cl)cc2)cc1. The van der Waals surface area contributed by atoms with Crippen LogP contribution in [0.1, 0.15) is 36.5 Å². The van der Waals surface area contributed by atoms with Crippen LogP contribution in [0, 0.1) is 0 Å². The summed E-state index contributed by atoms with van der Waals surface area (Å²) in [6, 6.07) is 11.4. The molecule has 0 fully saturated rings. The van der Waals surface area contributed by atoms with Crippen LogP contribution in [0.4, 0.5) is 10.5 Å². The molecule has 0 radical (unpaired) electrons. The van der Waals surface area contributed by atoms with Crippen LogP contribution in [0.5, 0.6) is 0 Å². The molecule has 178 valence electrons. The maximum absolute atomic E-state index is 12.8. The Morgan fingerprint density at radius 2 is 1.70 bits per heavy atom. The van der Waals surface area contributed by atoms with E-state index in [0.717, 1.165) is 12.8 Å². The quantitative estimate of drug-likeness (QED) is 0.403. The van der Waals surface area contributed by atoms with Gasteiger partial charge < -0.3 is 20.5 Å². The van der Waals surface area contributed by atoms with E-state index in [1.54, 1.807) is 24.3 Å². The van der Waals surface area contributed by atoms with Gasteiger partial charge in [-0.15, -0.1) is 0 Å². The van der Waals surface area contributed by atoms with Gasteiger partial charge in [-0.25, -0.2) is 13.2 Å². The van der Waals surface area contributed by atoms with Crippen molar-refractivity contribution in [1.82, 2.24) is 5.32 Å². The predicted octanol–water partition coefficient (Wildman–Crippen LogP) is 3.74. The van der Waals surface area contributed by atoms with E-state index >= 15 is 0 Å². The molecule has 2 amide bonds. The Morgan fingerprint density at radius 3 is 2.27 bits per heavy atom. The molecule has 0 bridgehead atoms. The molecule has 2 rings (SSSR count). The minimum atomic E-state index is -4.28. The smallest absolute Gasteiger partial charge is 0.407 e. The second-order valence-corrected chi connectivity index (χ2v) is 9.63. The molecule has 3 N–H and O–H groups in total. The van der Waals surface area contributed by atoms with Crippen LogP contribution in [0.15, 0.2) is 53.4 Å². The van der Waals surface area contributed by atoms with Crippen LogP contribution >= 0.6 is 11.6 Å². The van der Waals surface area contributed by atoms with Gasteiger partial charge in [-0.3, -0.25) is 9.59 Å². The predicted molar refractivity (Wildman–Crippen MR) is 123 cm³/mol. The van der Waals surface area contributed by atoms with Crippen molar-refractivity contribution in [3.05, 3.63) is 59.1 Å². The van der Waals surface area contributed by atoms with Gasteiger partial charge >= 0.3 is 12.1 Å². The van der Waals surface area contributed by atoms with Gasteiger partial charge in [0.15, 0.2) is 15.1 Å². The Hall–Kier alpha value is -3.11. The normalized spacial score (nSPS) is 11.9. The summed E-state index contributed by atoms with van der Waals surface area (Å²) < 4.78 is 30.5. The number of hydrogen-bond acceptors (Lipinski definition) is 6. The molecule has 11 heteroatoms. The number of sulfone groups is 1. The van der Waals surface area contributed by atoms with Crippen molar-refractivity contribution in [3.63, 3.8) is 0 Å². The molecule has 0 aliphatic heterocycles. The molecule has 0 aliphatic carbocycles. The second-order valence-electron chi connectivity index (χ2n) is 7.06. The fraction of sp³-hybridized carbons (Fsp3) is 0.318. The summed E-state index contributed by atoms with van der Waals surface area (Å²) in [7, 11) is -4.28. The number of carbonyl (C=O) groups excluding carboxylic acids is 2. The van der Waals surface area contributed by atoms with Gasteiger partial charge in [0.25, 0.3) is 5.91 Å². The standard InChI is InChI=1S/C22H25ClN2O7S/c1-2-3-13-24-22(29)32-14-12-19(21(27)28)33(30,31)18-10-4-15(5-11-18)20(26)25-17-8-6-16(23)7-9-17/h4-11,19H,2-3,12-14H2,1H3,(H,24,29)(H,25,26)(H,27,28). The van der Waals surface area contributed by atoms with Crippen molar-refractivity contribution in [2.45, 2.75) is 36.3 Å². The van der Waals surface area contributed by atoms with E-state index in [-0.39, 0.29) is 17.1 Å². The van der Waals surface area contributed by atoms with Crippen molar-refractivity contribution >= 4 is 45.1 Å². The lowest BCUT2D eigenvalue weighted by Crippen LogP contribution is -2.33. The molecule has 33 heavy (non-hydrogen) atoms. The summed E-state index contributed by atoms with van der Waals surface area (Å²) in [6.07, 6.45) is 0.481. The summed E-state index contributed by atoms with van der Waals surface area (Å²) >= 11 is 5.81. The highest BCUT2D eigenvalue weighted by Crippen LogP contribution is 2.21. The van der Waals surface area contributed by atoms with E-state index in [2.05, 4.69) is 10.6 Å². The number of benzene rings is 2. The molecule has 1 unspecified atom stereocenters. The van der Waals surface area contributed by atoms with Gasteiger partial charge in [-0.2, -0.15) is 0 Å². The third-order valence-corrected chi connectivity index (χ3v) is 6.98. The highest BCUT2D eigenvalue weighted by atomic mass is 35.5. The van der Waals surface area contributed by atoms with Crippen LogP contribution in [-0.2, 0) is 19.4 Å². The molecule has 0 saturated carbocycles. The van der Waals surface area contributed by atoms with Gasteiger partial charge in [0.05, 0.1) is 11.5 Å². The molecule has 2 aromatic rings. The number of amides is 2. The number of carboxylic acids is 1. The Kier molecular flexibility index (Phi) is 9.68. The Morgan fingerprint density at radius 1 is 1.06 bits per heavy atom. The van der Waals surface area contributed by atoms with Crippen molar-refractivity contribution in [3.8, 4) is 0 Å². The fourth-order valence-corrected chi connectivity index (χ4v) is 4.43. The summed E-state index contributed by atoms with van der Waals surface area (Å²) in [6.45, 7) is 1.98. The van der Waals surface area contributed by atoms with Gasteiger partial charge in [0.2, 0.25) is 0 Å². The van der Waals surface area contributed by atoms with Crippen molar-refractivity contribution in [2.24, 2.45) is 0 Å². The highest BCUT2D eigenvalue weighted by Gasteiger charge is 2.34. The first-order valence-corrected chi connectivity index (χ1v) is 12.1. The maximum atomic E-state index is 12.8. The second kappa shape index (κ2) is 12.2. The molecular formula is C22H25ClN2O7S. The van der Waals surface area contributed by atoms with E-state index in [1.807, 2.05) is 6.92 Å². The maximum Gasteiger partial charge on any atom is 0.407 e. The highest BCUT2D eigenvalue weighted by molar-refractivity contribution is 7.92. The van der Waals surface area contributed by atoms with E-state index in [4.69, 9.17) is 16.3 Å². The van der Waals surface area contributed by atoms with Gasteiger partial charge in [-0.05, 0) is 55.0 Å². The Labute approximate surface area is 197 Å². The third kappa shape index (κ3) is 7.76. The molecule has 0 spiro atoms. The summed E-state index contributed by atoms with van der Waals surface area (Å²) in [5.74, 6) is -2.03. The summed E-state index contributed by atoms with van der Waals surface area (Å²) in [5.41, 5.74) is 0.689. The van der Waals surface area contributed by atoms with E-state index in [0.29, 0.717) is 17.3 Å². The molecule has 0 aliphatic rings. The number of carboxylic acid groups (broad SMARTS) is 1. The zero-order valence-electron chi connectivity index (χ0n) is 17.9. The monoisotopic (exact) mass is 496 g/mol. The average molecular weight is 497 g/mol. The van der Waals surface area contributed by atoms with E-state index in [9.17, 15) is 27.9 Å². The van der Waals surface area contributed by atoms with Gasteiger partial charge in [0, 0.05) is 29.2 Å². The number of unbranched alkanes of at least 4 members (excludes halogenated alkanes) is 1. The lowest BCUT2D eigenvalue weighted by molar-refractivity contribution is -0.136. The van der Waals surface area contributed by atoms with Crippen LogP contribution < -0.4 is 10.6 Å². The first kappa shape index (κ1) is 26.1. The molecule has 0 aromatic heterocycles. The largest absolute Gasteiger partial charge is 0.480 e. The minimum absolute atomic E-state index is 0.183. The van der Waals surface area contributed by atoms with Crippen LogP contribution in [0.2, 0.25) is 5.02 Å². The average Bonchev–Trinajstić information content (AvgIpc) is 2.78. The molecule has 0 saturated heterocycles. The van der Waals surface area contributed by atoms with Crippen molar-refractivity contribution in [2.75, 3.05) is 18.5 Å². The zero-order chi connectivity index (χ0) is 24.4. The topological polar surface area (TPSA) is 139 Å². The zero-order valence-corrected chi connectivity index (χ0v) is 19.5. The van der Waals surface area contributed by atoms with Crippen molar-refractivity contribution < 1.29 is 32.6 Å². The van der Waals surface area contributed by atoms with Crippen LogP contribution in [0.25, 0.3) is 0 Å². The van der Waals surface area contributed by atoms with E-state index in [1.165, 1.54) is 24.3 Å². The number of ether oxygens (including phenoxy) is 1. The molecule has 2 aromatic carbocycles. The summed E-state index contributed by atoms with van der Waals surface area (Å²) in [5, 5.41) is 13.3. The summed E-state index contributed by atoms with van der Waals surface area (Å²) in [4.78, 5) is 35.3. The molecular weight excluding hydrogens is 472 g/mol. The van der Waals surface area contributed by atoms with Crippen molar-refractivity contribution in [1.29, 1.82) is 0 Å². The lowest BCUT2D eigenvalue weighted by Gasteiger charge is -2.14. The number of carbonyl (C=O) groups is 3. The number of hydrogen-bond donors (Lipinski definition) is 3.